The predicted molar refractivity (Wildman–Crippen MR) is 73.1 cm³/mol. The van der Waals surface area contributed by atoms with Crippen LogP contribution in [0, 0.1) is 12.3 Å². The summed E-state index contributed by atoms with van der Waals surface area (Å²) in [5, 5.41) is 2.95. The fourth-order valence-electron chi connectivity index (χ4n) is 1.87. The number of hydrogen-bond acceptors (Lipinski definition) is 1. The third kappa shape index (κ3) is 3.33. The first-order chi connectivity index (χ1) is 9.50. The molecule has 1 N–H and O–H groups in total. The number of terminal acetylenes is 1. The van der Waals surface area contributed by atoms with Crippen molar-refractivity contribution in [3.05, 3.63) is 65.2 Å². The zero-order valence-electron chi connectivity index (χ0n) is 10.5. The average Bonchev–Trinajstić information content (AvgIpc) is 2.44. The van der Waals surface area contributed by atoms with Gasteiger partial charge >= 0.3 is 6.18 Å². The molecule has 102 valence electrons. The van der Waals surface area contributed by atoms with E-state index in [9.17, 15) is 13.2 Å². The summed E-state index contributed by atoms with van der Waals surface area (Å²) in [4.78, 5) is 0. The molecule has 0 saturated heterocycles. The van der Waals surface area contributed by atoms with Crippen molar-refractivity contribution in [2.75, 3.05) is 5.32 Å². The van der Waals surface area contributed by atoms with Crippen molar-refractivity contribution < 1.29 is 13.2 Å². The molecule has 20 heavy (non-hydrogen) atoms. The van der Waals surface area contributed by atoms with Crippen molar-refractivity contribution in [2.24, 2.45) is 0 Å². The largest absolute Gasteiger partial charge is 0.416 e. The van der Waals surface area contributed by atoms with Gasteiger partial charge in [-0.1, -0.05) is 30.2 Å². The van der Waals surface area contributed by atoms with Crippen LogP contribution in [0.3, 0.4) is 0 Å². The van der Waals surface area contributed by atoms with E-state index in [0.29, 0.717) is 11.3 Å². The molecule has 0 aromatic heterocycles. The number of rotatable bonds is 3. The van der Waals surface area contributed by atoms with Gasteiger partial charge in [0.2, 0.25) is 0 Å². The molecule has 0 unspecified atom stereocenters. The Morgan fingerprint density at radius 3 is 2.50 bits per heavy atom. The Hall–Kier alpha value is -2.41. The lowest BCUT2D eigenvalue weighted by Crippen LogP contribution is -2.11. The Morgan fingerprint density at radius 1 is 1.05 bits per heavy atom. The van der Waals surface area contributed by atoms with E-state index in [1.807, 2.05) is 0 Å². The second-order valence-corrected chi connectivity index (χ2v) is 4.23. The molecule has 2 aromatic carbocycles. The molecular formula is C16H12F3N. The predicted octanol–water partition coefficient (Wildman–Crippen LogP) is 4.30. The van der Waals surface area contributed by atoms with Gasteiger partial charge in [0.15, 0.2) is 0 Å². The van der Waals surface area contributed by atoms with E-state index in [-0.39, 0.29) is 12.1 Å². The lowest BCUT2D eigenvalue weighted by Gasteiger charge is -2.14. The van der Waals surface area contributed by atoms with Crippen LogP contribution in [-0.4, -0.2) is 0 Å². The molecular weight excluding hydrogens is 263 g/mol. The Labute approximate surface area is 115 Å². The van der Waals surface area contributed by atoms with Gasteiger partial charge in [0.25, 0.3) is 0 Å². The van der Waals surface area contributed by atoms with Crippen molar-refractivity contribution in [3.63, 3.8) is 0 Å². The molecule has 0 atom stereocenters. The summed E-state index contributed by atoms with van der Waals surface area (Å²) in [6.07, 6.45) is 0.932. The van der Waals surface area contributed by atoms with Crippen LogP contribution in [0.25, 0.3) is 0 Å². The van der Waals surface area contributed by atoms with Gasteiger partial charge in [-0.15, -0.1) is 6.42 Å². The van der Waals surface area contributed by atoms with Gasteiger partial charge < -0.3 is 5.32 Å². The van der Waals surface area contributed by atoms with Gasteiger partial charge in [-0.2, -0.15) is 13.2 Å². The summed E-state index contributed by atoms with van der Waals surface area (Å²) in [5.41, 5.74) is 0.947. The van der Waals surface area contributed by atoms with Crippen LogP contribution in [0.5, 0.6) is 0 Å². The van der Waals surface area contributed by atoms with Crippen LogP contribution in [0.15, 0.2) is 48.5 Å². The zero-order chi connectivity index (χ0) is 14.6. The Bertz CT molecular complexity index is 639. The molecule has 0 aliphatic heterocycles. The maximum atomic E-state index is 12.8. The molecule has 4 heteroatoms. The van der Waals surface area contributed by atoms with E-state index in [2.05, 4.69) is 11.2 Å². The number of nitrogens with one attached hydrogen (secondary N) is 1. The highest BCUT2D eigenvalue weighted by Crippen LogP contribution is 2.32. The minimum atomic E-state index is -4.35. The lowest BCUT2D eigenvalue weighted by molar-refractivity contribution is -0.138. The molecule has 0 bridgehead atoms. The summed E-state index contributed by atoms with van der Waals surface area (Å²) in [6, 6.07) is 12.5. The van der Waals surface area contributed by atoms with Gasteiger partial charge in [0.05, 0.1) is 5.56 Å². The Morgan fingerprint density at radius 2 is 1.80 bits per heavy atom. The minimum Gasteiger partial charge on any atom is -0.381 e. The average molecular weight is 275 g/mol. The molecule has 1 nitrogen and oxygen atoms in total. The summed E-state index contributed by atoms with van der Waals surface area (Å²) < 4.78 is 38.5. The van der Waals surface area contributed by atoms with Crippen molar-refractivity contribution in [1.29, 1.82) is 0 Å². The van der Waals surface area contributed by atoms with Crippen LogP contribution in [0.2, 0.25) is 0 Å². The van der Waals surface area contributed by atoms with Gasteiger partial charge in [-0.25, -0.2) is 0 Å². The third-order valence-electron chi connectivity index (χ3n) is 2.83. The molecule has 0 spiro atoms. The smallest absolute Gasteiger partial charge is 0.381 e. The zero-order valence-corrected chi connectivity index (χ0v) is 10.5. The quantitative estimate of drug-likeness (QED) is 0.823. The van der Waals surface area contributed by atoms with Gasteiger partial charge in [0, 0.05) is 17.8 Å². The Kier molecular flexibility index (Phi) is 3.99. The van der Waals surface area contributed by atoms with E-state index in [1.165, 1.54) is 12.1 Å². The molecule has 0 aliphatic carbocycles. The minimum absolute atomic E-state index is 0.0870. The van der Waals surface area contributed by atoms with Gasteiger partial charge in [0.1, 0.15) is 0 Å². The van der Waals surface area contributed by atoms with E-state index in [0.717, 1.165) is 6.07 Å². The fraction of sp³-hybridized carbons (Fsp3) is 0.125. The molecule has 0 heterocycles. The lowest BCUT2D eigenvalue weighted by atomic mass is 10.1. The Balaban J connectivity index is 2.17. The molecule has 0 radical (unpaired) electrons. The SMILES string of the molecule is C#Cc1cccc(NCc2ccccc2C(F)(F)F)c1. The van der Waals surface area contributed by atoms with Crippen LogP contribution in [0.4, 0.5) is 18.9 Å². The van der Waals surface area contributed by atoms with Crippen molar-refractivity contribution in [1.82, 2.24) is 0 Å². The highest BCUT2D eigenvalue weighted by molar-refractivity contribution is 5.50. The van der Waals surface area contributed by atoms with Crippen molar-refractivity contribution >= 4 is 5.69 Å². The van der Waals surface area contributed by atoms with E-state index in [1.54, 1.807) is 30.3 Å². The van der Waals surface area contributed by atoms with Crippen LogP contribution < -0.4 is 5.32 Å². The topological polar surface area (TPSA) is 12.0 Å². The third-order valence-corrected chi connectivity index (χ3v) is 2.83. The van der Waals surface area contributed by atoms with Crippen molar-refractivity contribution in [3.8, 4) is 12.3 Å². The van der Waals surface area contributed by atoms with Gasteiger partial charge in [-0.05, 0) is 29.8 Å². The van der Waals surface area contributed by atoms with E-state index < -0.39 is 11.7 Å². The normalized spacial score (nSPS) is 10.9. The number of benzene rings is 2. The van der Waals surface area contributed by atoms with Gasteiger partial charge in [-0.3, -0.25) is 0 Å². The van der Waals surface area contributed by atoms with Crippen LogP contribution in [0.1, 0.15) is 16.7 Å². The fourth-order valence-corrected chi connectivity index (χ4v) is 1.87. The molecule has 0 amide bonds. The first-order valence-corrected chi connectivity index (χ1v) is 5.96. The maximum Gasteiger partial charge on any atom is 0.416 e. The number of halogens is 3. The second kappa shape index (κ2) is 5.70. The van der Waals surface area contributed by atoms with Crippen molar-refractivity contribution in [2.45, 2.75) is 12.7 Å². The summed E-state index contributed by atoms with van der Waals surface area (Å²) in [7, 11) is 0. The summed E-state index contributed by atoms with van der Waals surface area (Å²) in [5.74, 6) is 2.48. The highest BCUT2D eigenvalue weighted by atomic mass is 19.4. The maximum absolute atomic E-state index is 12.8. The number of anilines is 1. The number of alkyl halides is 3. The summed E-state index contributed by atoms with van der Waals surface area (Å²) >= 11 is 0. The van der Waals surface area contributed by atoms with Crippen LogP contribution >= 0.6 is 0 Å². The second-order valence-electron chi connectivity index (χ2n) is 4.23. The number of hydrogen-bond donors (Lipinski definition) is 1. The molecule has 0 saturated carbocycles. The first-order valence-electron chi connectivity index (χ1n) is 5.96. The molecule has 2 aromatic rings. The monoisotopic (exact) mass is 275 g/mol. The van der Waals surface area contributed by atoms with Crippen LogP contribution in [-0.2, 0) is 12.7 Å². The van der Waals surface area contributed by atoms with E-state index in [4.69, 9.17) is 6.42 Å². The first kappa shape index (κ1) is 14.0. The standard InChI is InChI=1S/C16H12F3N/c1-2-12-6-5-8-14(10-12)20-11-13-7-3-4-9-15(13)16(17,18)19/h1,3-10,20H,11H2. The molecule has 0 aliphatic rings. The highest BCUT2D eigenvalue weighted by Gasteiger charge is 2.32. The summed E-state index contributed by atoms with van der Waals surface area (Å²) in [6.45, 7) is 0.0870. The molecule has 0 fully saturated rings. The van der Waals surface area contributed by atoms with E-state index >= 15 is 0 Å². The molecule has 2 rings (SSSR count).